The molecule has 0 aliphatic carbocycles. The smallest absolute Gasteiger partial charge is 0.0698 e. The molecule has 1 atom stereocenters. The highest BCUT2D eigenvalue weighted by Crippen LogP contribution is 2.29. The first-order chi connectivity index (χ1) is 5.13. The molecule has 0 spiro atoms. The van der Waals surface area contributed by atoms with Crippen LogP contribution in [-0.4, -0.2) is 12.7 Å². The van der Waals surface area contributed by atoms with Gasteiger partial charge in [0.05, 0.1) is 5.60 Å². The monoisotopic (exact) mass is 158 g/mol. The molecule has 0 aliphatic rings. The lowest BCUT2D eigenvalue weighted by molar-refractivity contribution is -0.0576. The minimum absolute atomic E-state index is 0.134. The third-order valence-electron chi connectivity index (χ3n) is 2.73. The van der Waals surface area contributed by atoms with Gasteiger partial charge in [-0.05, 0) is 18.8 Å². The molecule has 0 heterocycles. The average molecular weight is 158 g/mol. The highest BCUT2D eigenvalue weighted by molar-refractivity contribution is 4.81. The number of ether oxygens (including phenoxy) is 1. The van der Waals surface area contributed by atoms with Crippen LogP contribution in [-0.2, 0) is 4.74 Å². The first kappa shape index (κ1) is 11.0. The van der Waals surface area contributed by atoms with Gasteiger partial charge in [0.15, 0.2) is 0 Å². The molecule has 0 aromatic heterocycles. The van der Waals surface area contributed by atoms with Gasteiger partial charge in [0.1, 0.15) is 0 Å². The third kappa shape index (κ3) is 2.48. The normalized spacial score (nSPS) is 16.9. The van der Waals surface area contributed by atoms with E-state index in [2.05, 4.69) is 27.7 Å². The van der Waals surface area contributed by atoms with E-state index in [1.807, 2.05) is 7.11 Å². The van der Waals surface area contributed by atoms with Crippen LogP contribution in [0, 0.1) is 5.92 Å². The van der Waals surface area contributed by atoms with Gasteiger partial charge < -0.3 is 4.74 Å². The van der Waals surface area contributed by atoms with Crippen LogP contribution in [0.25, 0.3) is 0 Å². The Balaban J connectivity index is 4.20. The van der Waals surface area contributed by atoms with E-state index in [4.69, 9.17) is 4.74 Å². The minimum Gasteiger partial charge on any atom is -0.378 e. The largest absolute Gasteiger partial charge is 0.378 e. The van der Waals surface area contributed by atoms with Gasteiger partial charge in [-0.15, -0.1) is 0 Å². The van der Waals surface area contributed by atoms with E-state index in [1.165, 1.54) is 12.8 Å². The Kier molecular flexibility index (Phi) is 4.74. The number of rotatable bonds is 5. The van der Waals surface area contributed by atoms with Gasteiger partial charge in [-0.25, -0.2) is 0 Å². The number of methoxy groups -OCH3 is 1. The van der Waals surface area contributed by atoms with Crippen molar-refractivity contribution in [1.29, 1.82) is 0 Å². The first-order valence-corrected chi connectivity index (χ1v) is 4.68. The molecular formula is C10H22O. The Morgan fingerprint density at radius 1 is 1.27 bits per heavy atom. The van der Waals surface area contributed by atoms with Crippen molar-refractivity contribution < 1.29 is 4.74 Å². The van der Waals surface area contributed by atoms with Crippen molar-refractivity contribution in [1.82, 2.24) is 0 Å². The van der Waals surface area contributed by atoms with E-state index < -0.39 is 0 Å². The Morgan fingerprint density at radius 2 is 1.82 bits per heavy atom. The first-order valence-electron chi connectivity index (χ1n) is 4.68. The predicted molar refractivity (Wildman–Crippen MR) is 49.8 cm³/mol. The molecule has 0 N–H and O–H groups in total. The maximum Gasteiger partial charge on any atom is 0.0698 e. The molecule has 0 aromatic carbocycles. The zero-order valence-electron chi connectivity index (χ0n) is 8.61. The van der Waals surface area contributed by atoms with E-state index in [0.29, 0.717) is 5.92 Å². The van der Waals surface area contributed by atoms with Crippen LogP contribution in [0.3, 0.4) is 0 Å². The molecule has 0 aliphatic heterocycles. The summed E-state index contributed by atoms with van der Waals surface area (Å²) in [7, 11) is 1.83. The summed E-state index contributed by atoms with van der Waals surface area (Å²) in [5.41, 5.74) is 0.134. The fourth-order valence-corrected chi connectivity index (χ4v) is 1.78. The van der Waals surface area contributed by atoms with Crippen molar-refractivity contribution in [2.24, 2.45) is 5.92 Å². The molecule has 0 amide bonds. The second kappa shape index (κ2) is 4.76. The van der Waals surface area contributed by atoms with E-state index in [9.17, 15) is 0 Å². The Bertz CT molecular complexity index is 93.0. The molecule has 0 rings (SSSR count). The standard InChI is InChI=1S/C10H22O/c1-6-8-10(7-2,11-5)9(3)4/h9H,6-8H2,1-5H3/t10-/m0/s1. The molecule has 1 nitrogen and oxygen atoms in total. The molecule has 0 saturated carbocycles. The van der Waals surface area contributed by atoms with Crippen LogP contribution < -0.4 is 0 Å². The molecule has 0 unspecified atom stereocenters. The summed E-state index contributed by atoms with van der Waals surface area (Å²) >= 11 is 0. The average Bonchev–Trinajstić information content (AvgIpc) is 2.00. The molecule has 68 valence electrons. The Hall–Kier alpha value is -0.0400. The van der Waals surface area contributed by atoms with Crippen LogP contribution in [0.15, 0.2) is 0 Å². The van der Waals surface area contributed by atoms with E-state index in [0.717, 1.165) is 6.42 Å². The lowest BCUT2D eigenvalue weighted by Gasteiger charge is -2.35. The number of hydrogen-bond donors (Lipinski definition) is 0. The van der Waals surface area contributed by atoms with Gasteiger partial charge >= 0.3 is 0 Å². The van der Waals surface area contributed by atoms with Crippen LogP contribution in [0.2, 0.25) is 0 Å². The summed E-state index contributed by atoms with van der Waals surface area (Å²) in [5, 5.41) is 0. The zero-order valence-corrected chi connectivity index (χ0v) is 8.61. The summed E-state index contributed by atoms with van der Waals surface area (Å²) in [6, 6.07) is 0. The van der Waals surface area contributed by atoms with Crippen molar-refractivity contribution in [3.05, 3.63) is 0 Å². The van der Waals surface area contributed by atoms with Gasteiger partial charge in [0.2, 0.25) is 0 Å². The van der Waals surface area contributed by atoms with E-state index in [-0.39, 0.29) is 5.60 Å². The lowest BCUT2D eigenvalue weighted by atomic mass is 9.83. The molecule has 0 aromatic rings. The molecule has 0 bridgehead atoms. The summed E-state index contributed by atoms with van der Waals surface area (Å²) in [4.78, 5) is 0. The van der Waals surface area contributed by atoms with Crippen molar-refractivity contribution >= 4 is 0 Å². The molecule has 0 fully saturated rings. The van der Waals surface area contributed by atoms with E-state index in [1.54, 1.807) is 0 Å². The number of hydrogen-bond acceptors (Lipinski definition) is 1. The summed E-state index contributed by atoms with van der Waals surface area (Å²) < 4.78 is 5.59. The minimum atomic E-state index is 0.134. The molecule has 1 heteroatoms. The van der Waals surface area contributed by atoms with Crippen molar-refractivity contribution in [3.8, 4) is 0 Å². The van der Waals surface area contributed by atoms with Gasteiger partial charge in [0, 0.05) is 7.11 Å². The molecular weight excluding hydrogens is 136 g/mol. The lowest BCUT2D eigenvalue weighted by Crippen LogP contribution is -2.36. The van der Waals surface area contributed by atoms with Gasteiger partial charge in [-0.3, -0.25) is 0 Å². The molecule has 11 heavy (non-hydrogen) atoms. The van der Waals surface area contributed by atoms with Crippen LogP contribution in [0.4, 0.5) is 0 Å². The Labute approximate surface area is 71.1 Å². The van der Waals surface area contributed by atoms with Gasteiger partial charge in [-0.2, -0.15) is 0 Å². The summed E-state index contributed by atoms with van der Waals surface area (Å²) in [5.74, 6) is 0.623. The SMILES string of the molecule is CCC[C@](CC)(OC)C(C)C. The van der Waals surface area contributed by atoms with E-state index >= 15 is 0 Å². The van der Waals surface area contributed by atoms with Gasteiger partial charge in [-0.1, -0.05) is 34.1 Å². The fourth-order valence-electron chi connectivity index (χ4n) is 1.78. The molecule has 0 saturated heterocycles. The molecule has 0 radical (unpaired) electrons. The van der Waals surface area contributed by atoms with Crippen LogP contribution >= 0.6 is 0 Å². The Morgan fingerprint density at radius 3 is 1.91 bits per heavy atom. The predicted octanol–water partition coefficient (Wildman–Crippen LogP) is 3.24. The summed E-state index contributed by atoms with van der Waals surface area (Å²) in [6.07, 6.45) is 3.51. The second-order valence-electron chi connectivity index (χ2n) is 3.53. The third-order valence-corrected chi connectivity index (χ3v) is 2.73. The van der Waals surface area contributed by atoms with Crippen molar-refractivity contribution in [2.45, 2.75) is 52.6 Å². The second-order valence-corrected chi connectivity index (χ2v) is 3.53. The maximum atomic E-state index is 5.59. The fraction of sp³-hybridized carbons (Fsp3) is 1.00. The van der Waals surface area contributed by atoms with Crippen LogP contribution in [0.1, 0.15) is 47.0 Å². The topological polar surface area (TPSA) is 9.23 Å². The quantitative estimate of drug-likeness (QED) is 0.597. The summed E-state index contributed by atoms with van der Waals surface area (Å²) in [6.45, 7) is 8.90. The maximum absolute atomic E-state index is 5.59. The van der Waals surface area contributed by atoms with Gasteiger partial charge in [0.25, 0.3) is 0 Å². The highest BCUT2D eigenvalue weighted by Gasteiger charge is 2.30. The zero-order chi connectivity index (χ0) is 8.91. The highest BCUT2D eigenvalue weighted by atomic mass is 16.5. The van der Waals surface area contributed by atoms with Crippen LogP contribution in [0.5, 0.6) is 0 Å². The van der Waals surface area contributed by atoms with Crippen molar-refractivity contribution in [3.63, 3.8) is 0 Å². The van der Waals surface area contributed by atoms with Crippen molar-refractivity contribution in [2.75, 3.05) is 7.11 Å².